The van der Waals surface area contributed by atoms with Crippen molar-refractivity contribution < 1.29 is 18.0 Å². The summed E-state index contributed by atoms with van der Waals surface area (Å²) in [6.45, 7) is 0. The highest BCUT2D eigenvalue weighted by molar-refractivity contribution is 5.96. The molecule has 0 spiro atoms. The van der Waals surface area contributed by atoms with Crippen LogP contribution >= 0.6 is 0 Å². The molecule has 1 atom stereocenters. The summed E-state index contributed by atoms with van der Waals surface area (Å²) in [5.41, 5.74) is 0.984. The summed E-state index contributed by atoms with van der Waals surface area (Å²) >= 11 is 0. The molecule has 0 bridgehead atoms. The van der Waals surface area contributed by atoms with E-state index in [-0.39, 0.29) is 25.5 Å². The topological polar surface area (TPSA) is 64.8 Å². The van der Waals surface area contributed by atoms with Gasteiger partial charge < -0.3 is 15.6 Å². The highest BCUT2D eigenvalue weighted by Crippen LogP contribution is 2.27. The van der Waals surface area contributed by atoms with Gasteiger partial charge in [-0.2, -0.15) is 13.2 Å². The van der Waals surface area contributed by atoms with Crippen LogP contribution in [0, 0.1) is 16.7 Å². The largest absolute Gasteiger partial charge is 0.401 e. The van der Waals surface area contributed by atoms with Crippen molar-refractivity contribution in [1.82, 2.24) is 0 Å². The van der Waals surface area contributed by atoms with E-state index in [0.717, 1.165) is 17.4 Å². The lowest BCUT2D eigenvalue weighted by Gasteiger charge is -2.17. The molecule has 1 aromatic carbocycles. The van der Waals surface area contributed by atoms with Gasteiger partial charge in [-0.15, -0.1) is 0 Å². The second-order valence-electron chi connectivity index (χ2n) is 4.35. The van der Waals surface area contributed by atoms with Crippen LogP contribution in [0.15, 0.2) is 24.3 Å². The average Bonchev–Trinajstić information content (AvgIpc) is 2.37. The molecule has 1 aromatic rings. The molecule has 0 aliphatic carbocycles. The number of hydrogen-bond donors (Lipinski definition) is 2. The molecule has 1 unspecified atom stereocenters. The summed E-state index contributed by atoms with van der Waals surface area (Å²) in [5.74, 6) is -2.12. The van der Waals surface area contributed by atoms with Crippen molar-refractivity contribution in [2.24, 2.45) is 5.92 Å². The normalized spacial score (nSPS) is 12.8. The molecule has 0 aliphatic heterocycles. The van der Waals surface area contributed by atoms with Gasteiger partial charge in [0.05, 0.1) is 0 Å². The summed E-state index contributed by atoms with van der Waals surface area (Å²) < 4.78 is 37.7. The maximum absolute atomic E-state index is 12.6. The smallest absolute Gasteiger partial charge is 0.312 e. The van der Waals surface area contributed by atoms with E-state index in [9.17, 15) is 18.0 Å². The number of alkyl halides is 3. The van der Waals surface area contributed by atoms with Crippen molar-refractivity contribution in [1.29, 1.82) is 10.8 Å². The van der Waals surface area contributed by atoms with Gasteiger partial charge >= 0.3 is 6.18 Å². The van der Waals surface area contributed by atoms with Crippen molar-refractivity contribution in [2.45, 2.75) is 25.4 Å². The molecule has 0 aliphatic rings. The molecule has 0 amide bonds. The van der Waals surface area contributed by atoms with Crippen LogP contribution in [0.4, 0.5) is 13.2 Å². The quantitative estimate of drug-likeness (QED) is 0.586. The van der Waals surface area contributed by atoms with E-state index in [0.29, 0.717) is 0 Å². The minimum Gasteiger partial charge on any atom is -0.312 e. The lowest BCUT2D eigenvalue weighted by molar-refractivity contribution is -0.138. The van der Waals surface area contributed by atoms with Gasteiger partial charge in [0, 0.05) is 18.3 Å². The van der Waals surface area contributed by atoms with E-state index in [2.05, 4.69) is 0 Å². The van der Waals surface area contributed by atoms with Gasteiger partial charge in [-0.3, -0.25) is 0 Å². The molecule has 0 saturated carbocycles. The zero-order valence-corrected chi connectivity index (χ0v) is 10.7. The van der Waals surface area contributed by atoms with Crippen LogP contribution in [0.2, 0.25) is 0 Å². The Kier molecular flexibility index (Phi) is 5.61. The van der Waals surface area contributed by atoms with E-state index in [4.69, 9.17) is 10.8 Å². The van der Waals surface area contributed by atoms with Crippen LogP contribution in [-0.4, -0.2) is 24.4 Å². The number of halogens is 3. The lowest BCUT2D eigenvalue weighted by Crippen LogP contribution is -2.31. The summed E-state index contributed by atoms with van der Waals surface area (Å²) in [6.07, 6.45) is -3.24. The van der Waals surface area contributed by atoms with Gasteiger partial charge in [0.2, 0.25) is 0 Å². The Bertz CT molecular complexity index is 497. The van der Waals surface area contributed by atoms with Crippen molar-refractivity contribution in [2.75, 3.05) is 0 Å². The third-order valence-electron chi connectivity index (χ3n) is 2.98. The molecule has 1 rings (SSSR count). The predicted octanol–water partition coefficient (Wildman–Crippen LogP) is 3.21. The first-order valence-corrected chi connectivity index (χ1v) is 6.05. The van der Waals surface area contributed by atoms with Crippen molar-refractivity contribution >= 4 is 18.2 Å². The van der Waals surface area contributed by atoms with Gasteiger partial charge in [-0.05, 0) is 24.0 Å². The van der Waals surface area contributed by atoms with Crippen LogP contribution in [0.3, 0.4) is 0 Å². The molecule has 20 heavy (non-hydrogen) atoms. The molecule has 2 N–H and O–H groups in total. The van der Waals surface area contributed by atoms with E-state index < -0.39 is 17.8 Å². The number of nitrogens with one attached hydrogen (secondary N) is 2. The Morgan fingerprint density at radius 1 is 1.25 bits per heavy atom. The Hall–Kier alpha value is -1.98. The first kappa shape index (κ1) is 16.1. The number of carbonyl (C=O) groups is 1. The third kappa shape index (κ3) is 4.29. The van der Waals surface area contributed by atoms with Crippen LogP contribution in [0.1, 0.15) is 17.5 Å². The highest BCUT2D eigenvalue weighted by Gasteiger charge is 2.40. The zero-order chi connectivity index (χ0) is 15.2. The van der Waals surface area contributed by atoms with Crippen LogP contribution in [-0.2, 0) is 17.6 Å². The molecule has 0 heterocycles. The lowest BCUT2D eigenvalue weighted by atomic mass is 9.95. The molecule has 3 nitrogen and oxygen atoms in total. The fourth-order valence-electron chi connectivity index (χ4n) is 1.91. The molecule has 0 radical (unpaired) electrons. The average molecular weight is 284 g/mol. The molecule has 0 aromatic heterocycles. The third-order valence-corrected chi connectivity index (χ3v) is 2.98. The molecule has 0 fully saturated rings. The highest BCUT2D eigenvalue weighted by atomic mass is 19.4. The van der Waals surface area contributed by atoms with Gasteiger partial charge in [-0.25, -0.2) is 0 Å². The first-order chi connectivity index (χ1) is 9.40. The fourth-order valence-corrected chi connectivity index (χ4v) is 1.91. The summed E-state index contributed by atoms with van der Waals surface area (Å²) in [6, 6.07) is 6.97. The number of rotatable bonds is 7. The number of aryl methyl sites for hydroxylation is 1. The SMILES string of the molecule is N=CC(C(=N)CCc1ccccc1CC=O)C(F)(F)F. The van der Waals surface area contributed by atoms with Crippen molar-refractivity contribution in [3.8, 4) is 0 Å². The number of hydrogen-bond acceptors (Lipinski definition) is 3. The van der Waals surface area contributed by atoms with Crippen molar-refractivity contribution in [3.63, 3.8) is 0 Å². The number of aldehydes is 1. The Morgan fingerprint density at radius 3 is 2.35 bits per heavy atom. The maximum atomic E-state index is 12.6. The zero-order valence-electron chi connectivity index (χ0n) is 10.7. The Labute approximate surface area is 114 Å². The number of benzene rings is 1. The summed E-state index contributed by atoms with van der Waals surface area (Å²) in [7, 11) is 0. The van der Waals surface area contributed by atoms with E-state index >= 15 is 0 Å². The monoisotopic (exact) mass is 284 g/mol. The molecular formula is C14H15F3N2O. The van der Waals surface area contributed by atoms with Crippen molar-refractivity contribution in [3.05, 3.63) is 35.4 Å². The van der Waals surface area contributed by atoms with Gasteiger partial charge in [0.1, 0.15) is 12.2 Å². The minimum absolute atomic E-state index is 0.0879. The molecular weight excluding hydrogens is 269 g/mol. The maximum Gasteiger partial charge on any atom is 0.401 e. The van der Waals surface area contributed by atoms with E-state index in [1.165, 1.54) is 0 Å². The molecule has 108 valence electrons. The standard InChI is InChI=1S/C14H15F3N2O/c15-14(16,17)12(9-18)13(19)6-5-10-3-1-2-4-11(10)7-8-20/h1-4,8-9,12,18-19H,5-7H2. The fraction of sp³-hybridized carbons (Fsp3) is 0.357. The second kappa shape index (κ2) is 6.98. The van der Waals surface area contributed by atoms with Gasteiger partial charge in [0.25, 0.3) is 0 Å². The van der Waals surface area contributed by atoms with Gasteiger partial charge in [-0.1, -0.05) is 24.3 Å². The van der Waals surface area contributed by atoms with Crippen LogP contribution < -0.4 is 0 Å². The Morgan fingerprint density at radius 2 is 1.85 bits per heavy atom. The number of carbonyl (C=O) groups excluding carboxylic acids is 1. The minimum atomic E-state index is -4.60. The second-order valence-corrected chi connectivity index (χ2v) is 4.35. The Balaban J connectivity index is 2.74. The summed E-state index contributed by atoms with van der Waals surface area (Å²) in [5, 5.41) is 14.3. The van der Waals surface area contributed by atoms with Crippen LogP contribution in [0.25, 0.3) is 0 Å². The predicted molar refractivity (Wildman–Crippen MR) is 70.6 cm³/mol. The first-order valence-electron chi connectivity index (χ1n) is 6.05. The van der Waals surface area contributed by atoms with E-state index in [1.54, 1.807) is 24.3 Å². The summed E-state index contributed by atoms with van der Waals surface area (Å²) in [4.78, 5) is 10.5. The molecule has 0 saturated heterocycles. The van der Waals surface area contributed by atoms with Crippen LogP contribution in [0.5, 0.6) is 0 Å². The van der Waals surface area contributed by atoms with E-state index in [1.807, 2.05) is 0 Å². The molecule has 6 heteroatoms. The van der Waals surface area contributed by atoms with Gasteiger partial charge in [0.15, 0.2) is 0 Å².